The van der Waals surface area contributed by atoms with Crippen molar-refractivity contribution in [2.24, 2.45) is 5.73 Å². The van der Waals surface area contributed by atoms with Gasteiger partial charge < -0.3 is 19.8 Å². The highest BCUT2D eigenvalue weighted by molar-refractivity contribution is 5.94. The number of carbonyl (C=O) groups excluding carboxylic acids is 1. The van der Waals surface area contributed by atoms with Crippen LogP contribution in [0.1, 0.15) is 16.1 Å². The maximum absolute atomic E-state index is 12.2. The molecule has 1 aromatic heterocycles. The predicted octanol–water partition coefficient (Wildman–Crippen LogP) is 0.986. The Morgan fingerprint density at radius 2 is 2.00 bits per heavy atom. The molecule has 1 amide bonds. The molecule has 1 aliphatic heterocycles. The maximum atomic E-state index is 12.2. The largest absolute Gasteiger partial charge is 0.467 e. The summed E-state index contributed by atoms with van der Waals surface area (Å²) >= 11 is 0. The second kappa shape index (κ2) is 10.0. The van der Waals surface area contributed by atoms with Crippen LogP contribution >= 0.6 is 24.8 Å². The SMILES string of the molecule is COCCN1CCN(C(=O)c2coc(CN)c2)CC1.Cl.Cl. The molecule has 8 heteroatoms. The first kappa shape index (κ1) is 20.2. The van der Waals surface area contributed by atoms with Crippen LogP contribution in [0.5, 0.6) is 0 Å². The van der Waals surface area contributed by atoms with Crippen molar-refractivity contribution in [3.63, 3.8) is 0 Å². The fraction of sp³-hybridized carbons (Fsp3) is 0.615. The molecule has 1 aromatic rings. The van der Waals surface area contributed by atoms with E-state index in [1.54, 1.807) is 13.2 Å². The minimum atomic E-state index is 0. The highest BCUT2D eigenvalue weighted by atomic mass is 35.5. The lowest BCUT2D eigenvalue weighted by atomic mass is 10.2. The number of piperazine rings is 1. The molecular weight excluding hydrogens is 317 g/mol. The number of halogens is 2. The number of nitrogens with two attached hydrogens (primary N) is 1. The van der Waals surface area contributed by atoms with E-state index in [9.17, 15) is 4.79 Å². The molecule has 0 radical (unpaired) electrons. The number of rotatable bonds is 5. The summed E-state index contributed by atoms with van der Waals surface area (Å²) < 4.78 is 10.3. The Morgan fingerprint density at radius 3 is 2.52 bits per heavy atom. The molecule has 0 atom stereocenters. The molecule has 6 nitrogen and oxygen atoms in total. The second-order valence-corrected chi connectivity index (χ2v) is 4.63. The molecule has 0 aliphatic carbocycles. The van der Waals surface area contributed by atoms with Gasteiger partial charge in [-0.25, -0.2) is 0 Å². The number of hydrogen-bond donors (Lipinski definition) is 1. The summed E-state index contributed by atoms with van der Waals surface area (Å²) in [6, 6.07) is 1.72. The van der Waals surface area contributed by atoms with Crippen LogP contribution in [0.3, 0.4) is 0 Å². The zero-order valence-corrected chi connectivity index (χ0v) is 13.8. The van der Waals surface area contributed by atoms with E-state index in [2.05, 4.69) is 4.90 Å². The fourth-order valence-electron chi connectivity index (χ4n) is 2.18. The summed E-state index contributed by atoms with van der Waals surface area (Å²) in [4.78, 5) is 16.4. The molecule has 1 saturated heterocycles. The lowest BCUT2D eigenvalue weighted by molar-refractivity contribution is 0.0593. The van der Waals surface area contributed by atoms with Gasteiger partial charge in [0, 0.05) is 39.8 Å². The van der Waals surface area contributed by atoms with Crippen molar-refractivity contribution in [2.45, 2.75) is 6.54 Å². The Kier molecular flexibility index (Phi) is 9.65. The van der Waals surface area contributed by atoms with E-state index in [0.29, 0.717) is 17.9 Å². The molecular formula is C13H23Cl2N3O3. The van der Waals surface area contributed by atoms with Crippen molar-refractivity contribution < 1.29 is 13.9 Å². The van der Waals surface area contributed by atoms with E-state index in [1.165, 1.54) is 6.26 Å². The van der Waals surface area contributed by atoms with Gasteiger partial charge in [0.25, 0.3) is 5.91 Å². The minimum absolute atomic E-state index is 0. The number of carbonyl (C=O) groups is 1. The molecule has 21 heavy (non-hydrogen) atoms. The molecule has 1 aliphatic rings. The van der Waals surface area contributed by atoms with Crippen molar-refractivity contribution in [1.82, 2.24) is 9.80 Å². The zero-order chi connectivity index (χ0) is 13.7. The number of ether oxygens (including phenoxy) is 1. The van der Waals surface area contributed by atoms with Crippen LogP contribution in [-0.4, -0.2) is 62.1 Å². The van der Waals surface area contributed by atoms with Crippen molar-refractivity contribution in [3.05, 3.63) is 23.7 Å². The summed E-state index contributed by atoms with van der Waals surface area (Å²) in [5, 5.41) is 0. The fourth-order valence-corrected chi connectivity index (χ4v) is 2.18. The van der Waals surface area contributed by atoms with Crippen molar-refractivity contribution in [1.29, 1.82) is 0 Å². The van der Waals surface area contributed by atoms with E-state index in [0.717, 1.165) is 39.3 Å². The molecule has 2 rings (SSSR count). The molecule has 0 aromatic carbocycles. The van der Waals surface area contributed by atoms with Gasteiger partial charge >= 0.3 is 0 Å². The quantitative estimate of drug-likeness (QED) is 0.865. The van der Waals surface area contributed by atoms with Crippen LogP contribution < -0.4 is 5.73 Å². The van der Waals surface area contributed by atoms with Crippen molar-refractivity contribution >= 4 is 30.7 Å². The van der Waals surface area contributed by atoms with Crippen molar-refractivity contribution in [2.75, 3.05) is 46.4 Å². The summed E-state index contributed by atoms with van der Waals surface area (Å²) in [5.74, 6) is 0.664. The summed E-state index contributed by atoms with van der Waals surface area (Å²) in [6.07, 6.45) is 1.49. The minimum Gasteiger partial charge on any atom is -0.467 e. The average Bonchev–Trinajstić information content (AvgIpc) is 2.94. The van der Waals surface area contributed by atoms with Gasteiger partial charge in [0.2, 0.25) is 0 Å². The number of hydrogen-bond acceptors (Lipinski definition) is 5. The molecule has 2 heterocycles. The highest BCUT2D eigenvalue weighted by Crippen LogP contribution is 2.12. The first-order valence-corrected chi connectivity index (χ1v) is 6.52. The summed E-state index contributed by atoms with van der Waals surface area (Å²) in [7, 11) is 1.70. The van der Waals surface area contributed by atoms with Gasteiger partial charge in [-0.3, -0.25) is 9.69 Å². The second-order valence-electron chi connectivity index (χ2n) is 4.63. The van der Waals surface area contributed by atoms with Gasteiger partial charge in [0.1, 0.15) is 12.0 Å². The molecule has 0 unspecified atom stereocenters. The predicted molar refractivity (Wildman–Crippen MR) is 85.3 cm³/mol. The van der Waals surface area contributed by atoms with Gasteiger partial charge in [-0.05, 0) is 6.07 Å². The molecule has 0 spiro atoms. The smallest absolute Gasteiger partial charge is 0.257 e. The maximum Gasteiger partial charge on any atom is 0.257 e. The molecule has 0 saturated carbocycles. The summed E-state index contributed by atoms with van der Waals surface area (Å²) in [5.41, 5.74) is 6.06. The Balaban J connectivity index is 0.00000200. The number of amides is 1. The van der Waals surface area contributed by atoms with Crippen LogP contribution in [0.2, 0.25) is 0 Å². The lowest BCUT2D eigenvalue weighted by Crippen LogP contribution is -2.49. The van der Waals surface area contributed by atoms with Gasteiger partial charge in [0.15, 0.2) is 0 Å². The normalized spacial score (nSPS) is 15.2. The van der Waals surface area contributed by atoms with E-state index in [4.69, 9.17) is 14.9 Å². The third-order valence-electron chi connectivity index (χ3n) is 3.37. The Labute approximate surface area is 137 Å². The zero-order valence-electron chi connectivity index (χ0n) is 12.1. The standard InChI is InChI=1S/C13H21N3O3.2ClH/c1-18-7-6-15-2-4-16(5-3-15)13(17)11-8-12(9-14)19-10-11;;/h8,10H,2-7,9,14H2,1H3;2*1H. The Bertz CT molecular complexity index is 421. The van der Waals surface area contributed by atoms with E-state index in [-0.39, 0.29) is 30.7 Å². The third-order valence-corrected chi connectivity index (χ3v) is 3.37. The van der Waals surface area contributed by atoms with Gasteiger partial charge in [-0.15, -0.1) is 24.8 Å². The number of nitrogens with zero attached hydrogens (tertiary/aromatic N) is 2. The highest BCUT2D eigenvalue weighted by Gasteiger charge is 2.22. The van der Waals surface area contributed by atoms with Crippen LogP contribution in [0.4, 0.5) is 0 Å². The molecule has 2 N–H and O–H groups in total. The Morgan fingerprint density at radius 1 is 1.33 bits per heavy atom. The van der Waals surface area contributed by atoms with Crippen LogP contribution in [0.15, 0.2) is 16.7 Å². The molecule has 1 fully saturated rings. The van der Waals surface area contributed by atoms with E-state index >= 15 is 0 Å². The number of furan rings is 1. The van der Waals surface area contributed by atoms with E-state index < -0.39 is 0 Å². The van der Waals surface area contributed by atoms with Crippen LogP contribution in [0, 0.1) is 0 Å². The third kappa shape index (κ3) is 5.48. The van der Waals surface area contributed by atoms with Crippen LogP contribution in [0.25, 0.3) is 0 Å². The topological polar surface area (TPSA) is 71.9 Å². The Hall–Kier alpha value is -0.790. The first-order chi connectivity index (χ1) is 9.24. The molecule has 0 bridgehead atoms. The van der Waals surface area contributed by atoms with Crippen LogP contribution in [-0.2, 0) is 11.3 Å². The average molecular weight is 340 g/mol. The monoisotopic (exact) mass is 339 g/mol. The summed E-state index contributed by atoms with van der Waals surface area (Å²) in [6.45, 7) is 5.22. The van der Waals surface area contributed by atoms with Gasteiger partial charge in [0.05, 0.1) is 18.7 Å². The number of methoxy groups -OCH3 is 1. The van der Waals surface area contributed by atoms with E-state index in [1.807, 2.05) is 4.90 Å². The first-order valence-electron chi connectivity index (χ1n) is 6.52. The lowest BCUT2D eigenvalue weighted by Gasteiger charge is -2.34. The van der Waals surface area contributed by atoms with Gasteiger partial charge in [-0.2, -0.15) is 0 Å². The van der Waals surface area contributed by atoms with Crippen molar-refractivity contribution in [3.8, 4) is 0 Å². The molecule has 122 valence electrons. The van der Waals surface area contributed by atoms with Gasteiger partial charge in [-0.1, -0.05) is 0 Å².